The summed E-state index contributed by atoms with van der Waals surface area (Å²) in [5, 5.41) is 3.72. The normalized spacial score (nSPS) is 18.3. The van der Waals surface area contributed by atoms with Crippen LogP contribution in [0.5, 0.6) is 11.5 Å². The summed E-state index contributed by atoms with van der Waals surface area (Å²) in [6.45, 7) is -0.308. The third-order valence-electron chi connectivity index (χ3n) is 4.83. The molecule has 0 radical (unpaired) electrons. The van der Waals surface area contributed by atoms with Crippen molar-refractivity contribution in [2.75, 3.05) is 19.0 Å². The number of nitrogens with zero attached hydrogens (tertiary/aromatic N) is 1. The molecule has 4 rings (SSSR count). The maximum atomic E-state index is 13.1. The summed E-state index contributed by atoms with van der Waals surface area (Å²) < 4.78 is 10.8. The quantitative estimate of drug-likeness (QED) is 0.776. The van der Waals surface area contributed by atoms with Gasteiger partial charge in [0, 0.05) is 17.3 Å². The first kappa shape index (κ1) is 18.4. The molecule has 7 nitrogen and oxygen atoms in total. The van der Waals surface area contributed by atoms with E-state index < -0.39 is 5.91 Å². The highest BCUT2D eigenvalue weighted by molar-refractivity contribution is 6.32. The van der Waals surface area contributed by atoms with E-state index in [4.69, 9.17) is 26.8 Å². The number of anilines is 1. The Morgan fingerprint density at radius 3 is 2.75 bits per heavy atom. The first-order chi connectivity index (χ1) is 13.5. The minimum atomic E-state index is -0.613. The van der Waals surface area contributed by atoms with Crippen LogP contribution in [0.25, 0.3) is 0 Å². The molecule has 0 saturated heterocycles. The highest BCUT2D eigenvalue weighted by atomic mass is 35.5. The summed E-state index contributed by atoms with van der Waals surface area (Å²) in [5.74, 6) is -0.0101. The molecule has 28 heavy (non-hydrogen) atoms. The molecule has 2 amide bonds. The number of rotatable bonds is 6. The van der Waals surface area contributed by atoms with Crippen molar-refractivity contribution in [2.24, 2.45) is 5.73 Å². The highest BCUT2D eigenvalue weighted by Crippen LogP contribution is 2.44. The van der Waals surface area contributed by atoms with E-state index in [1.54, 1.807) is 12.1 Å². The van der Waals surface area contributed by atoms with Gasteiger partial charge in [-0.25, -0.2) is 0 Å². The standard InChI is InChI=1S/C20H20ClN3O4/c1-27-16-9-11(8-14(21)18(16)28-10-17(22)25)19-23-15-5-3-2-4-13(15)20(26)24(19)12-6-7-12/h2-5,8-9,12,19,23H,6-7,10H2,1H3,(H2,22,25). The van der Waals surface area contributed by atoms with Gasteiger partial charge in [0.05, 0.1) is 17.7 Å². The van der Waals surface area contributed by atoms with Gasteiger partial charge in [-0.05, 0) is 37.1 Å². The minimum Gasteiger partial charge on any atom is -0.493 e. The van der Waals surface area contributed by atoms with Crippen LogP contribution in [0.1, 0.15) is 34.9 Å². The fourth-order valence-electron chi connectivity index (χ4n) is 3.42. The lowest BCUT2D eigenvalue weighted by molar-refractivity contribution is -0.119. The topological polar surface area (TPSA) is 93.9 Å². The van der Waals surface area contributed by atoms with Crippen molar-refractivity contribution in [3.8, 4) is 11.5 Å². The summed E-state index contributed by atoms with van der Waals surface area (Å²) in [6, 6.07) is 11.1. The van der Waals surface area contributed by atoms with Crippen LogP contribution in [0.15, 0.2) is 36.4 Å². The summed E-state index contributed by atoms with van der Waals surface area (Å²) in [4.78, 5) is 26.0. The molecule has 2 aromatic carbocycles. The van der Waals surface area contributed by atoms with Gasteiger partial charge in [0.2, 0.25) is 0 Å². The Balaban J connectivity index is 1.74. The molecule has 8 heteroatoms. The molecule has 1 heterocycles. The summed E-state index contributed by atoms with van der Waals surface area (Å²) >= 11 is 6.41. The highest BCUT2D eigenvalue weighted by Gasteiger charge is 2.42. The molecule has 146 valence electrons. The Morgan fingerprint density at radius 2 is 2.07 bits per heavy atom. The number of nitrogens with two attached hydrogens (primary N) is 1. The summed E-state index contributed by atoms with van der Waals surface area (Å²) in [5.41, 5.74) is 7.35. The van der Waals surface area contributed by atoms with E-state index in [-0.39, 0.29) is 35.5 Å². The van der Waals surface area contributed by atoms with Crippen LogP contribution in [0.2, 0.25) is 5.02 Å². The van der Waals surface area contributed by atoms with Crippen LogP contribution < -0.4 is 20.5 Å². The molecular weight excluding hydrogens is 382 g/mol. The molecule has 1 fully saturated rings. The average Bonchev–Trinajstić information content (AvgIpc) is 3.51. The zero-order valence-electron chi connectivity index (χ0n) is 15.3. The van der Waals surface area contributed by atoms with Gasteiger partial charge in [-0.3, -0.25) is 9.59 Å². The maximum absolute atomic E-state index is 13.1. The van der Waals surface area contributed by atoms with Crippen molar-refractivity contribution in [2.45, 2.75) is 25.0 Å². The molecule has 1 saturated carbocycles. The van der Waals surface area contributed by atoms with E-state index in [2.05, 4.69) is 5.32 Å². The number of primary amides is 1. The number of carbonyl (C=O) groups excluding carboxylic acids is 2. The number of methoxy groups -OCH3 is 1. The smallest absolute Gasteiger partial charge is 0.258 e. The number of halogens is 1. The fraction of sp³-hybridized carbons (Fsp3) is 0.300. The number of carbonyl (C=O) groups is 2. The number of fused-ring (bicyclic) bond motifs is 1. The molecule has 0 bridgehead atoms. The second kappa shape index (κ2) is 7.24. The van der Waals surface area contributed by atoms with Crippen LogP contribution in [0.3, 0.4) is 0 Å². The largest absolute Gasteiger partial charge is 0.493 e. The third kappa shape index (κ3) is 3.33. The van der Waals surface area contributed by atoms with Crippen LogP contribution in [0, 0.1) is 0 Å². The molecule has 1 atom stereocenters. The first-order valence-electron chi connectivity index (χ1n) is 8.96. The Morgan fingerprint density at radius 1 is 1.32 bits per heavy atom. The van der Waals surface area contributed by atoms with E-state index in [0.29, 0.717) is 11.3 Å². The van der Waals surface area contributed by atoms with Gasteiger partial charge in [0.1, 0.15) is 6.17 Å². The van der Waals surface area contributed by atoms with Crippen LogP contribution in [-0.2, 0) is 4.79 Å². The molecule has 2 aromatic rings. The van der Waals surface area contributed by atoms with Gasteiger partial charge in [0.25, 0.3) is 11.8 Å². The molecule has 3 N–H and O–H groups in total. The molecule has 0 aromatic heterocycles. The van der Waals surface area contributed by atoms with Gasteiger partial charge < -0.3 is 25.4 Å². The molecule has 2 aliphatic rings. The van der Waals surface area contributed by atoms with Crippen molar-refractivity contribution in [3.05, 3.63) is 52.5 Å². The Bertz CT molecular complexity index is 945. The Labute approximate surface area is 167 Å². The van der Waals surface area contributed by atoms with Gasteiger partial charge in [-0.1, -0.05) is 23.7 Å². The molecular formula is C20H20ClN3O4. The lowest BCUT2D eigenvalue weighted by atomic mass is 10.0. The predicted octanol–water partition coefficient (Wildman–Crippen LogP) is 2.94. The Hall–Kier alpha value is -2.93. The summed E-state index contributed by atoms with van der Waals surface area (Å²) in [6.07, 6.45) is 1.56. The number of para-hydroxylation sites is 1. The second-order valence-corrected chi connectivity index (χ2v) is 7.23. The predicted molar refractivity (Wildman–Crippen MR) is 105 cm³/mol. The average molecular weight is 402 g/mol. The fourth-order valence-corrected chi connectivity index (χ4v) is 3.70. The van der Waals surface area contributed by atoms with E-state index in [1.807, 2.05) is 29.2 Å². The molecule has 1 aliphatic heterocycles. The van der Waals surface area contributed by atoms with Crippen LogP contribution in [0.4, 0.5) is 5.69 Å². The van der Waals surface area contributed by atoms with Crippen molar-refractivity contribution in [1.82, 2.24) is 4.90 Å². The van der Waals surface area contributed by atoms with Crippen molar-refractivity contribution in [1.29, 1.82) is 0 Å². The van der Waals surface area contributed by atoms with Crippen molar-refractivity contribution < 1.29 is 19.1 Å². The number of amides is 2. The van der Waals surface area contributed by atoms with E-state index in [0.717, 1.165) is 24.1 Å². The number of nitrogens with one attached hydrogen (secondary N) is 1. The lowest BCUT2D eigenvalue weighted by Gasteiger charge is -2.38. The zero-order valence-corrected chi connectivity index (χ0v) is 16.0. The number of benzene rings is 2. The number of ether oxygens (including phenoxy) is 2. The van der Waals surface area contributed by atoms with E-state index in [1.165, 1.54) is 7.11 Å². The first-order valence-corrected chi connectivity index (χ1v) is 9.34. The van der Waals surface area contributed by atoms with E-state index >= 15 is 0 Å². The second-order valence-electron chi connectivity index (χ2n) is 6.83. The van der Waals surface area contributed by atoms with Crippen LogP contribution in [-0.4, -0.2) is 36.5 Å². The van der Waals surface area contributed by atoms with Gasteiger partial charge >= 0.3 is 0 Å². The van der Waals surface area contributed by atoms with Crippen molar-refractivity contribution >= 4 is 29.1 Å². The third-order valence-corrected chi connectivity index (χ3v) is 5.11. The molecule has 1 unspecified atom stereocenters. The van der Waals surface area contributed by atoms with Gasteiger partial charge in [-0.15, -0.1) is 0 Å². The minimum absolute atomic E-state index is 0.00834. The lowest BCUT2D eigenvalue weighted by Crippen LogP contribution is -2.44. The Kier molecular flexibility index (Phi) is 4.77. The summed E-state index contributed by atoms with van der Waals surface area (Å²) in [7, 11) is 1.49. The van der Waals surface area contributed by atoms with Crippen LogP contribution >= 0.6 is 11.6 Å². The zero-order chi connectivity index (χ0) is 19.8. The number of hydrogen-bond donors (Lipinski definition) is 2. The van der Waals surface area contributed by atoms with Gasteiger partial charge in [-0.2, -0.15) is 0 Å². The van der Waals surface area contributed by atoms with E-state index in [9.17, 15) is 9.59 Å². The number of hydrogen-bond acceptors (Lipinski definition) is 5. The molecule has 1 aliphatic carbocycles. The van der Waals surface area contributed by atoms with Gasteiger partial charge in [0.15, 0.2) is 18.1 Å². The SMILES string of the molecule is COc1cc(C2Nc3ccccc3C(=O)N2C2CC2)cc(Cl)c1OCC(N)=O. The monoisotopic (exact) mass is 401 g/mol. The maximum Gasteiger partial charge on any atom is 0.258 e. The van der Waals surface area contributed by atoms with Crippen molar-refractivity contribution in [3.63, 3.8) is 0 Å². The molecule has 0 spiro atoms.